The molecule has 0 atom stereocenters. The van der Waals surface area contributed by atoms with Crippen LogP contribution in [0.5, 0.6) is 0 Å². The topological polar surface area (TPSA) is 18.5 Å². The van der Waals surface area contributed by atoms with Crippen LogP contribution in [0.4, 0.5) is 0 Å². The maximum atomic E-state index is 5.73. The van der Waals surface area contributed by atoms with Gasteiger partial charge < -0.3 is 0 Å². The molecule has 2 heteroatoms. The van der Waals surface area contributed by atoms with Crippen LogP contribution < -0.4 is 0 Å². The number of hydrogen-bond acceptors (Lipinski definition) is 2. The Bertz CT molecular complexity index is 545. The smallest absolute Gasteiger partial charge is 0.123 e. The van der Waals surface area contributed by atoms with Crippen molar-refractivity contribution in [2.45, 2.75) is 59.7 Å². The van der Waals surface area contributed by atoms with E-state index in [4.69, 9.17) is 9.78 Å². The van der Waals surface area contributed by atoms with Crippen molar-refractivity contribution >= 4 is 11.1 Å². The van der Waals surface area contributed by atoms with Crippen LogP contribution in [0, 0.1) is 0 Å². The van der Waals surface area contributed by atoms with Crippen LogP contribution in [0.1, 0.15) is 65.2 Å². The molecule has 0 aliphatic rings. The van der Waals surface area contributed by atoms with Gasteiger partial charge >= 0.3 is 0 Å². The first kappa shape index (κ1) is 17.7. The van der Waals surface area contributed by atoms with Crippen molar-refractivity contribution in [3.05, 3.63) is 48.0 Å². The lowest BCUT2D eigenvalue weighted by atomic mass is 9.85. The van der Waals surface area contributed by atoms with E-state index in [0.717, 1.165) is 27.8 Å². The summed E-state index contributed by atoms with van der Waals surface area (Å²) in [5.74, 6) is 0. The van der Waals surface area contributed by atoms with Crippen molar-refractivity contribution < 1.29 is 9.78 Å². The van der Waals surface area contributed by atoms with Gasteiger partial charge in [-0.05, 0) is 65.2 Å². The molecule has 1 rings (SSSR count). The minimum atomic E-state index is -0.576. The predicted molar refractivity (Wildman–Crippen MR) is 90.8 cm³/mol. The van der Waals surface area contributed by atoms with E-state index >= 15 is 0 Å². The lowest BCUT2D eigenvalue weighted by molar-refractivity contribution is -0.401. The van der Waals surface area contributed by atoms with E-state index in [1.807, 2.05) is 54.5 Å². The van der Waals surface area contributed by atoms with Gasteiger partial charge in [0.1, 0.15) is 5.60 Å². The zero-order chi connectivity index (χ0) is 16.4. The van der Waals surface area contributed by atoms with Crippen LogP contribution in [0.15, 0.2) is 31.4 Å². The van der Waals surface area contributed by atoms with Crippen molar-refractivity contribution in [2.75, 3.05) is 0 Å². The van der Waals surface area contributed by atoms with Gasteiger partial charge in [0.05, 0.1) is 5.60 Å². The Hall–Kier alpha value is -1.38. The highest BCUT2D eigenvalue weighted by Gasteiger charge is 2.29. The third kappa shape index (κ3) is 4.55. The van der Waals surface area contributed by atoms with Gasteiger partial charge in [-0.2, -0.15) is 0 Å². The minimum Gasteiger partial charge on any atom is -0.230 e. The average molecular weight is 288 g/mol. The Labute approximate surface area is 129 Å². The normalized spacial score (nSPS) is 12.3. The fourth-order valence-electron chi connectivity index (χ4n) is 2.14. The first-order valence-corrected chi connectivity index (χ1v) is 7.28. The van der Waals surface area contributed by atoms with Crippen molar-refractivity contribution in [3.8, 4) is 0 Å². The number of hydrogen-bond donors (Lipinski definition) is 0. The molecule has 0 aromatic heterocycles. The van der Waals surface area contributed by atoms with Gasteiger partial charge in [0, 0.05) is 0 Å². The lowest BCUT2D eigenvalue weighted by Crippen LogP contribution is -2.29. The van der Waals surface area contributed by atoms with Gasteiger partial charge in [0.25, 0.3) is 0 Å². The second kappa shape index (κ2) is 6.17. The summed E-state index contributed by atoms with van der Waals surface area (Å²) in [5, 5.41) is 0. The third-order valence-electron chi connectivity index (χ3n) is 3.10. The second-order valence-corrected chi connectivity index (χ2v) is 7.08. The zero-order valence-electron chi connectivity index (χ0n) is 14.5. The fraction of sp³-hybridized carbons (Fsp3) is 0.474. The zero-order valence-corrected chi connectivity index (χ0v) is 14.5. The quantitative estimate of drug-likeness (QED) is 0.508. The monoisotopic (exact) mass is 288 g/mol. The molecule has 21 heavy (non-hydrogen) atoms. The molecule has 0 aliphatic carbocycles. The van der Waals surface area contributed by atoms with Crippen LogP contribution in [0.3, 0.4) is 0 Å². The number of allylic oxidation sites excluding steroid dienone is 2. The Morgan fingerprint density at radius 1 is 0.905 bits per heavy atom. The molecule has 1 aromatic carbocycles. The molecular formula is C19H28O2. The Morgan fingerprint density at radius 2 is 1.48 bits per heavy atom. The van der Waals surface area contributed by atoms with Crippen LogP contribution in [-0.4, -0.2) is 5.60 Å². The molecule has 0 heterocycles. The van der Waals surface area contributed by atoms with E-state index in [9.17, 15) is 0 Å². The molecular weight excluding hydrogens is 260 g/mol. The van der Waals surface area contributed by atoms with E-state index in [0.29, 0.717) is 0 Å². The summed E-state index contributed by atoms with van der Waals surface area (Å²) in [6.07, 6.45) is 0. The summed E-state index contributed by atoms with van der Waals surface area (Å²) < 4.78 is 0. The molecule has 116 valence electrons. The van der Waals surface area contributed by atoms with E-state index in [-0.39, 0.29) is 5.60 Å². The van der Waals surface area contributed by atoms with Gasteiger partial charge in [-0.15, -0.1) is 0 Å². The van der Waals surface area contributed by atoms with E-state index in [1.165, 1.54) is 0 Å². The van der Waals surface area contributed by atoms with E-state index in [2.05, 4.69) is 25.3 Å². The van der Waals surface area contributed by atoms with Crippen LogP contribution in [-0.2, 0) is 15.4 Å². The lowest BCUT2D eigenvalue weighted by Gasteiger charge is -2.31. The molecule has 1 aromatic rings. The molecule has 0 fully saturated rings. The highest BCUT2D eigenvalue weighted by atomic mass is 17.2. The Balaban J connectivity index is 3.31. The van der Waals surface area contributed by atoms with E-state index < -0.39 is 5.60 Å². The Morgan fingerprint density at radius 3 is 1.90 bits per heavy atom. The fourth-order valence-corrected chi connectivity index (χ4v) is 2.14. The molecule has 0 aliphatic heterocycles. The van der Waals surface area contributed by atoms with Crippen molar-refractivity contribution in [3.63, 3.8) is 0 Å². The standard InChI is InChI=1S/C19H28O2/c1-13(2)15-11-10-12-16(17(15)14(3)4)19(8,9)21-20-18(5,6)7/h10-12H,1,3H2,2,4-9H3. The van der Waals surface area contributed by atoms with Gasteiger partial charge in [-0.1, -0.05) is 42.5 Å². The maximum absolute atomic E-state index is 5.73. The van der Waals surface area contributed by atoms with Crippen LogP contribution >= 0.6 is 0 Å². The molecule has 0 saturated carbocycles. The summed E-state index contributed by atoms with van der Waals surface area (Å²) in [7, 11) is 0. The highest BCUT2D eigenvalue weighted by molar-refractivity contribution is 5.79. The molecule has 0 saturated heterocycles. The number of benzene rings is 1. The third-order valence-corrected chi connectivity index (χ3v) is 3.10. The van der Waals surface area contributed by atoms with Crippen LogP contribution in [0.2, 0.25) is 0 Å². The molecule has 0 N–H and O–H groups in total. The first-order valence-electron chi connectivity index (χ1n) is 7.28. The summed E-state index contributed by atoms with van der Waals surface area (Å²) in [6.45, 7) is 22.1. The van der Waals surface area contributed by atoms with Gasteiger partial charge in [-0.3, -0.25) is 0 Å². The van der Waals surface area contributed by atoms with Gasteiger partial charge in [0.15, 0.2) is 0 Å². The largest absolute Gasteiger partial charge is 0.230 e. The molecule has 0 bridgehead atoms. The maximum Gasteiger partial charge on any atom is 0.123 e. The van der Waals surface area contributed by atoms with Crippen molar-refractivity contribution in [2.24, 2.45) is 0 Å². The molecule has 0 unspecified atom stereocenters. The molecule has 0 spiro atoms. The summed E-state index contributed by atoms with van der Waals surface area (Å²) >= 11 is 0. The summed E-state index contributed by atoms with van der Waals surface area (Å²) in [6, 6.07) is 6.15. The Kier molecular flexibility index (Phi) is 5.19. The minimum absolute atomic E-state index is 0.355. The SMILES string of the molecule is C=C(C)c1cccc(C(C)(C)OOC(C)(C)C)c1C(=C)C. The van der Waals surface area contributed by atoms with Crippen LogP contribution in [0.25, 0.3) is 11.1 Å². The second-order valence-electron chi connectivity index (χ2n) is 7.08. The van der Waals surface area contributed by atoms with Crippen molar-refractivity contribution in [1.82, 2.24) is 0 Å². The van der Waals surface area contributed by atoms with Crippen molar-refractivity contribution in [1.29, 1.82) is 0 Å². The summed E-state index contributed by atoms with van der Waals surface area (Å²) in [5.41, 5.74) is 4.33. The van der Waals surface area contributed by atoms with Gasteiger partial charge in [-0.25, -0.2) is 9.78 Å². The first-order chi connectivity index (χ1) is 9.46. The molecule has 0 amide bonds. The predicted octanol–water partition coefficient (Wildman–Crippen LogP) is 5.73. The number of rotatable bonds is 5. The average Bonchev–Trinajstić information content (AvgIpc) is 2.34. The van der Waals surface area contributed by atoms with Gasteiger partial charge in [0.2, 0.25) is 0 Å². The summed E-state index contributed by atoms with van der Waals surface area (Å²) in [4.78, 5) is 11.3. The highest BCUT2D eigenvalue weighted by Crippen LogP contribution is 2.36. The molecule has 0 radical (unpaired) electrons. The van der Waals surface area contributed by atoms with E-state index in [1.54, 1.807) is 0 Å². The molecule has 2 nitrogen and oxygen atoms in total.